The zero-order valence-electron chi connectivity index (χ0n) is 30.7. The first kappa shape index (κ1) is 43.5. The highest BCUT2D eigenvalue weighted by Gasteiger charge is 2.30. The molecule has 0 bridgehead atoms. The van der Waals surface area contributed by atoms with E-state index in [0.29, 0.717) is 28.0 Å². The maximum Gasteiger partial charge on any atom is 0.336 e. The van der Waals surface area contributed by atoms with Crippen molar-refractivity contribution in [1.82, 2.24) is 0 Å². The molecule has 1 N–H and O–H groups in total. The zero-order chi connectivity index (χ0) is 40.0. The number of unbranched alkanes of at least 4 members (excludes halogenated alkanes) is 2. The first-order valence-corrected chi connectivity index (χ1v) is 19.5. The number of benzene rings is 3. The average molecular weight is 786 g/mol. The number of pyridine rings is 2. The van der Waals surface area contributed by atoms with Crippen molar-refractivity contribution in [2.75, 3.05) is 5.32 Å². The van der Waals surface area contributed by atoms with Crippen LogP contribution in [-0.2, 0) is 11.2 Å². The second kappa shape index (κ2) is 23.7. The van der Waals surface area contributed by atoms with E-state index in [1.54, 1.807) is 43.3 Å². The van der Waals surface area contributed by atoms with E-state index in [0.717, 1.165) is 52.6 Å². The van der Waals surface area contributed by atoms with Crippen molar-refractivity contribution in [2.45, 2.75) is 62.9 Å². The van der Waals surface area contributed by atoms with Gasteiger partial charge in [0.05, 0.1) is 9.85 Å². The largest absolute Gasteiger partial charge is 0.618 e. The van der Waals surface area contributed by atoms with Crippen molar-refractivity contribution in [2.24, 2.45) is 5.92 Å². The van der Waals surface area contributed by atoms with E-state index in [2.05, 4.69) is 19.2 Å². The number of hydrogen-bond donors (Lipinski definition) is 1. The predicted octanol–water partition coefficient (Wildman–Crippen LogP) is 9.93. The van der Waals surface area contributed by atoms with E-state index in [-0.39, 0.29) is 0 Å². The summed E-state index contributed by atoms with van der Waals surface area (Å²) in [6.45, 7) is 5.84. The first-order valence-electron chi connectivity index (χ1n) is 17.4. The first-order chi connectivity index (χ1) is 26.5. The van der Waals surface area contributed by atoms with Crippen molar-refractivity contribution >= 4 is 50.3 Å². The maximum atomic E-state index is 11.6. The minimum absolute atomic E-state index is 0.485. The topological polar surface area (TPSA) is 178 Å². The second-order valence-electron chi connectivity index (χ2n) is 12.1. The molecule has 0 saturated carbocycles. The molecule has 2 heterocycles. The highest BCUT2D eigenvalue weighted by atomic mass is 33.1. The van der Waals surface area contributed by atoms with Crippen molar-refractivity contribution < 1.29 is 28.8 Å². The molecule has 0 aliphatic rings. The number of nitrogens with one attached hydrogen (secondary N) is 1. The molecule has 0 radical (unpaired) electrons. The minimum atomic E-state index is -0.903. The molecule has 13 nitrogen and oxygen atoms in total. The molecular weight excluding hydrogens is 743 g/mol. The molecule has 0 amide bonds. The van der Waals surface area contributed by atoms with Crippen LogP contribution < -0.4 is 19.5 Å². The quantitative estimate of drug-likeness (QED) is 0.0123. The van der Waals surface area contributed by atoms with Crippen LogP contribution in [0.4, 0.5) is 22.7 Å². The number of nitro benzene ring substituents is 2. The number of anilines is 2. The Bertz CT molecular complexity index is 1880. The van der Waals surface area contributed by atoms with E-state index in [1.165, 1.54) is 52.2 Å². The summed E-state index contributed by atoms with van der Waals surface area (Å²) in [5.74, 6) is -0.921. The molecule has 288 valence electrons. The Morgan fingerprint density at radius 3 is 1.64 bits per heavy atom. The molecule has 0 saturated heterocycles. The molecule has 5 rings (SSSR count). The van der Waals surface area contributed by atoms with Crippen LogP contribution in [0.2, 0.25) is 0 Å². The fourth-order valence-electron chi connectivity index (χ4n) is 4.75. The molecule has 15 heteroatoms. The molecule has 55 heavy (non-hydrogen) atoms. The standard InChI is InChI=1S/C18H24N2O6.C12H11N.C10H8N2O2S2/c1-4-8-17(21)26-18-15(19(22)23)11-14(12-16(18)20(24)25)10-7-5-6-9-13(2)3;1-3-7-11(8-4-1)13-12-9-5-2-6-10-12;13-11-7-3-1-5-9(11)15-16-10-6-2-4-8-12(10)14/h4,8,11-13H,5-7,9-10H2,1-3H3;1-10,13H;1-8H/b8-4-;;. The molecule has 0 unspecified atom stereocenters. The highest BCUT2D eigenvalue weighted by Crippen LogP contribution is 2.39. The Hall–Kier alpha value is -5.93. The van der Waals surface area contributed by atoms with Gasteiger partial charge in [0, 0.05) is 75.4 Å². The molecule has 0 fully saturated rings. The summed E-state index contributed by atoms with van der Waals surface area (Å²) < 4.78 is 6.40. The second-order valence-corrected chi connectivity index (χ2v) is 14.3. The summed E-state index contributed by atoms with van der Waals surface area (Å²) in [6.07, 6.45) is 9.63. The number of rotatable bonds is 15. The van der Waals surface area contributed by atoms with Crippen LogP contribution in [-0.4, -0.2) is 15.8 Å². The number of aryl methyl sites for hydroxylation is 1. The Kier molecular flexibility index (Phi) is 18.7. The Morgan fingerprint density at radius 1 is 0.745 bits per heavy atom. The van der Waals surface area contributed by atoms with Gasteiger partial charge in [0.25, 0.3) is 15.8 Å². The van der Waals surface area contributed by atoms with Gasteiger partial charge < -0.3 is 20.5 Å². The van der Waals surface area contributed by atoms with Crippen molar-refractivity contribution in [3.8, 4) is 5.75 Å². The van der Waals surface area contributed by atoms with Crippen molar-refractivity contribution in [1.29, 1.82) is 0 Å². The molecule has 3 aromatic carbocycles. The number of esters is 1. The van der Waals surface area contributed by atoms with Crippen molar-refractivity contribution in [3.05, 3.63) is 170 Å². The molecule has 5 aromatic rings. The minimum Gasteiger partial charge on any atom is -0.618 e. The summed E-state index contributed by atoms with van der Waals surface area (Å²) in [5.41, 5.74) is 1.57. The van der Waals surface area contributed by atoms with E-state index in [4.69, 9.17) is 4.74 Å². The lowest BCUT2D eigenvalue weighted by Gasteiger charge is -2.08. The molecule has 0 aliphatic heterocycles. The fourth-order valence-corrected chi connectivity index (χ4v) is 6.75. The Labute approximate surface area is 327 Å². The van der Waals surface area contributed by atoms with Crippen molar-refractivity contribution in [3.63, 3.8) is 0 Å². The van der Waals surface area contributed by atoms with Gasteiger partial charge in [-0.3, -0.25) is 20.2 Å². The van der Waals surface area contributed by atoms with E-state index >= 15 is 0 Å². The summed E-state index contributed by atoms with van der Waals surface area (Å²) in [4.78, 5) is 32.7. The Balaban J connectivity index is 0.000000237. The lowest BCUT2D eigenvalue weighted by Crippen LogP contribution is -2.28. The summed E-state index contributed by atoms with van der Waals surface area (Å²) in [6, 6.07) is 33.1. The SMILES string of the molecule is C/C=C\C(=O)Oc1c([N+](=O)[O-])cc(CCCCCC(C)C)cc1[N+](=O)[O-].[O-][n+]1ccccc1SSc1cccc[n+]1[O-].c1ccc(Nc2ccccc2)cc1. The number of hydrogen-bond acceptors (Lipinski definition) is 11. The number of nitro groups is 2. The van der Waals surface area contributed by atoms with Gasteiger partial charge in [-0.1, -0.05) is 75.6 Å². The zero-order valence-corrected chi connectivity index (χ0v) is 32.3. The van der Waals surface area contributed by atoms with Gasteiger partial charge in [0.1, 0.15) is 0 Å². The molecule has 0 spiro atoms. The van der Waals surface area contributed by atoms with Gasteiger partial charge in [-0.15, -0.1) is 0 Å². The van der Waals surface area contributed by atoms with Gasteiger partial charge >= 0.3 is 17.3 Å². The lowest BCUT2D eigenvalue weighted by atomic mass is 10.0. The van der Waals surface area contributed by atoms with Crippen LogP contribution in [0.5, 0.6) is 5.75 Å². The lowest BCUT2D eigenvalue weighted by molar-refractivity contribution is -0.646. The smallest absolute Gasteiger partial charge is 0.336 e. The molecule has 0 aliphatic carbocycles. The predicted molar refractivity (Wildman–Crippen MR) is 216 cm³/mol. The van der Waals surface area contributed by atoms with Gasteiger partial charge in [-0.05, 0) is 67.6 Å². The number of allylic oxidation sites excluding steroid dienone is 1. The van der Waals surface area contributed by atoms with Gasteiger partial charge in [0.15, 0.2) is 12.4 Å². The normalized spacial score (nSPS) is 10.5. The number of carbonyl (C=O) groups excluding carboxylic acids is 1. The average Bonchev–Trinajstić information content (AvgIpc) is 3.16. The van der Waals surface area contributed by atoms with Gasteiger partial charge in [-0.25, -0.2) is 4.79 Å². The van der Waals surface area contributed by atoms with Crippen LogP contribution >= 0.6 is 21.6 Å². The summed E-state index contributed by atoms with van der Waals surface area (Å²) in [5, 5.41) is 49.7. The van der Waals surface area contributed by atoms with Crippen LogP contribution in [0, 0.1) is 36.6 Å². The van der Waals surface area contributed by atoms with Crippen LogP contribution in [0.1, 0.15) is 52.0 Å². The molecule has 0 atom stereocenters. The summed E-state index contributed by atoms with van der Waals surface area (Å²) >= 11 is 0. The number of aromatic nitrogens is 2. The van der Waals surface area contributed by atoms with Crippen LogP contribution in [0.15, 0.2) is 144 Å². The third-order valence-corrected chi connectivity index (χ3v) is 9.71. The Morgan fingerprint density at radius 2 is 1.22 bits per heavy atom. The third-order valence-electron chi connectivity index (χ3n) is 7.38. The number of carbonyl (C=O) groups is 1. The molecule has 2 aromatic heterocycles. The highest BCUT2D eigenvalue weighted by molar-refractivity contribution is 8.76. The third kappa shape index (κ3) is 15.9. The fraction of sp³-hybridized carbons (Fsp3) is 0.225. The number of para-hydroxylation sites is 2. The maximum absolute atomic E-state index is 11.6. The molecular formula is C40H43N5O8S2. The van der Waals surface area contributed by atoms with E-state index < -0.39 is 32.9 Å². The van der Waals surface area contributed by atoms with E-state index in [1.807, 2.05) is 60.7 Å². The van der Waals surface area contributed by atoms with E-state index in [9.17, 15) is 35.4 Å². The van der Waals surface area contributed by atoms with Crippen LogP contribution in [0.3, 0.4) is 0 Å². The van der Waals surface area contributed by atoms with Crippen LogP contribution in [0.25, 0.3) is 0 Å². The monoisotopic (exact) mass is 785 g/mol. The number of nitrogens with zero attached hydrogens (tertiary/aromatic N) is 4. The summed E-state index contributed by atoms with van der Waals surface area (Å²) in [7, 11) is 2.52. The van der Waals surface area contributed by atoms with Gasteiger partial charge in [-0.2, -0.15) is 9.46 Å². The number of ether oxygens (including phenoxy) is 1. The van der Waals surface area contributed by atoms with Gasteiger partial charge in [0.2, 0.25) is 0 Å².